The Morgan fingerprint density at radius 1 is 0.696 bits per heavy atom. The van der Waals surface area contributed by atoms with Gasteiger partial charge in [-0.1, -0.05) is 94.3 Å². The number of hydrogen-bond donors (Lipinski definition) is 0. The van der Waals surface area contributed by atoms with Crippen LogP contribution in [0.15, 0.2) is 85.1 Å². The van der Waals surface area contributed by atoms with Crippen LogP contribution in [0.2, 0.25) is 0 Å². The first kappa shape index (κ1) is 38.4. The van der Waals surface area contributed by atoms with Gasteiger partial charge in [0, 0.05) is 40.6 Å². The first-order chi connectivity index (χ1) is 26.8. The van der Waals surface area contributed by atoms with Gasteiger partial charge in [0.15, 0.2) is 0 Å². The Labute approximate surface area is 346 Å². The molecule has 56 heavy (non-hydrogen) atoms. The van der Waals surface area contributed by atoms with Crippen molar-refractivity contribution >= 4 is 21.8 Å². The van der Waals surface area contributed by atoms with Crippen molar-refractivity contribution in [1.29, 1.82) is 0 Å². The number of nitrogens with zero attached hydrogens (tertiary/aromatic N) is 4. The van der Waals surface area contributed by atoms with Crippen LogP contribution in [0.3, 0.4) is 0 Å². The van der Waals surface area contributed by atoms with Gasteiger partial charge in [0.25, 0.3) is 0 Å². The van der Waals surface area contributed by atoms with Crippen LogP contribution < -0.4 is 4.74 Å². The van der Waals surface area contributed by atoms with Crippen molar-refractivity contribution in [3.8, 4) is 34.1 Å². The number of pyridine rings is 1. The van der Waals surface area contributed by atoms with Crippen LogP contribution >= 0.6 is 0 Å². The third kappa shape index (κ3) is 7.16. The molecule has 2 fully saturated rings. The molecule has 288 valence electrons. The van der Waals surface area contributed by atoms with Crippen molar-refractivity contribution in [2.24, 2.45) is 0 Å². The SMILES string of the molecule is Cc1ccnc(-n2c3[c-]c(Oc4[c-]c(-n5nc(C6CCCCC6)c(-c6c(C)cccc6C)c5C5CCCCC5)cc(C(C)C)c4)ccc3c3ccccc32)c1.[Pd+2]. The molecule has 5 nitrogen and oxygen atoms in total. The largest absolute Gasteiger partial charge is 2.00 e. The Hall–Kier alpha value is -4.50. The molecule has 9 rings (SSSR count). The summed E-state index contributed by atoms with van der Waals surface area (Å²) in [4.78, 5) is 4.78. The maximum absolute atomic E-state index is 6.83. The summed E-state index contributed by atoms with van der Waals surface area (Å²) in [5, 5.41) is 8.00. The van der Waals surface area contributed by atoms with Crippen LogP contribution in [0.25, 0.3) is 44.4 Å². The second kappa shape index (κ2) is 16.2. The van der Waals surface area contributed by atoms with E-state index in [9.17, 15) is 0 Å². The molecule has 0 radical (unpaired) electrons. The van der Waals surface area contributed by atoms with E-state index in [1.807, 2.05) is 18.3 Å². The summed E-state index contributed by atoms with van der Waals surface area (Å²) in [6, 6.07) is 35.6. The van der Waals surface area contributed by atoms with Gasteiger partial charge in [-0.15, -0.1) is 41.3 Å². The predicted molar refractivity (Wildman–Crippen MR) is 225 cm³/mol. The molecule has 2 aliphatic carbocycles. The Bertz CT molecular complexity index is 2490. The number of hydrogen-bond acceptors (Lipinski definition) is 3. The normalized spacial score (nSPS) is 15.5. The number of aryl methyl sites for hydroxylation is 3. The van der Waals surface area contributed by atoms with Gasteiger partial charge in [-0.05, 0) is 104 Å². The Kier molecular flexibility index (Phi) is 11.1. The molecule has 0 bridgehead atoms. The fourth-order valence-corrected chi connectivity index (χ4v) is 9.50. The third-order valence-electron chi connectivity index (χ3n) is 12.3. The molecule has 2 saturated carbocycles. The summed E-state index contributed by atoms with van der Waals surface area (Å²) in [5.74, 6) is 3.41. The molecule has 4 aromatic carbocycles. The molecular weight excluding hydrogens is 779 g/mol. The molecule has 0 N–H and O–H groups in total. The number of para-hydroxylation sites is 1. The van der Waals surface area contributed by atoms with E-state index < -0.39 is 0 Å². The summed E-state index contributed by atoms with van der Waals surface area (Å²) in [7, 11) is 0. The first-order valence-corrected chi connectivity index (χ1v) is 20.7. The zero-order valence-corrected chi connectivity index (χ0v) is 35.0. The topological polar surface area (TPSA) is 44.9 Å². The number of fused-ring (bicyclic) bond motifs is 3. The molecule has 3 aromatic heterocycles. The van der Waals surface area contributed by atoms with E-state index in [0.717, 1.165) is 33.5 Å². The van der Waals surface area contributed by atoms with Gasteiger partial charge in [-0.25, -0.2) is 4.98 Å². The quantitative estimate of drug-likeness (QED) is 0.113. The molecule has 0 amide bonds. The molecule has 0 atom stereocenters. The fourth-order valence-electron chi connectivity index (χ4n) is 9.50. The average molecular weight is 831 g/mol. The predicted octanol–water partition coefficient (Wildman–Crippen LogP) is 13.6. The van der Waals surface area contributed by atoms with Gasteiger partial charge in [-0.2, -0.15) is 11.2 Å². The minimum atomic E-state index is 0. The second-order valence-electron chi connectivity index (χ2n) is 16.5. The maximum Gasteiger partial charge on any atom is 2.00 e. The van der Waals surface area contributed by atoms with Crippen molar-refractivity contribution in [2.75, 3.05) is 0 Å². The summed E-state index contributed by atoms with van der Waals surface area (Å²) < 4.78 is 11.3. The Balaban J connectivity index is 0.00000441. The molecule has 7 aromatic rings. The third-order valence-corrected chi connectivity index (χ3v) is 12.3. The average Bonchev–Trinajstić information content (AvgIpc) is 3.75. The van der Waals surface area contributed by atoms with E-state index in [-0.39, 0.29) is 20.4 Å². The standard InChI is InChI=1S/C50H52N4O.Pd/c1-32(2)38-28-39(30-41(29-38)55-40-23-24-43-42-21-12-13-22-44(42)53(45(43)31-40)46-27-33(3)25-26-51-46)54-50(37-19-10-7-11-20-37)48(47-34(4)15-14-16-35(47)5)49(52-54)36-17-8-6-9-18-36;/h12-16,21-29,32,36-37H,6-11,17-20H2,1-5H3;/q-2;+2. The van der Waals surface area contributed by atoms with Crippen molar-refractivity contribution in [2.45, 2.75) is 117 Å². The van der Waals surface area contributed by atoms with Crippen LogP contribution in [0.5, 0.6) is 11.5 Å². The first-order valence-electron chi connectivity index (χ1n) is 20.7. The summed E-state index contributed by atoms with van der Waals surface area (Å²) in [5.41, 5.74) is 13.5. The van der Waals surface area contributed by atoms with E-state index in [1.165, 1.54) is 109 Å². The van der Waals surface area contributed by atoms with Crippen molar-refractivity contribution in [1.82, 2.24) is 19.3 Å². The van der Waals surface area contributed by atoms with Gasteiger partial charge in [0.1, 0.15) is 5.82 Å². The molecule has 0 saturated heterocycles. The van der Waals surface area contributed by atoms with Crippen LogP contribution in [0.4, 0.5) is 0 Å². The van der Waals surface area contributed by atoms with Gasteiger partial charge in [0.05, 0.1) is 11.4 Å². The minimum absolute atomic E-state index is 0. The molecule has 0 spiro atoms. The second-order valence-corrected chi connectivity index (χ2v) is 16.5. The number of aromatic nitrogens is 4. The zero-order valence-electron chi connectivity index (χ0n) is 33.4. The summed E-state index contributed by atoms with van der Waals surface area (Å²) in [6.07, 6.45) is 14.4. The van der Waals surface area contributed by atoms with E-state index in [1.54, 1.807) is 0 Å². The van der Waals surface area contributed by atoms with Gasteiger partial charge >= 0.3 is 20.4 Å². The molecule has 0 unspecified atom stereocenters. The van der Waals surface area contributed by atoms with E-state index in [4.69, 9.17) is 14.8 Å². The van der Waals surface area contributed by atoms with Gasteiger partial charge < -0.3 is 9.30 Å². The number of benzene rings is 4. The van der Waals surface area contributed by atoms with Crippen molar-refractivity contribution < 1.29 is 25.2 Å². The zero-order chi connectivity index (χ0) is 37.6. The molecule has 3 heterocycles. The molecular formula is C50H52N4OPd. The fraction of sp³-hybridized carbons (Fsp3) is 0.360. The van der Waals surface area contributed by atoms with Gasteiger partial charge in [0.2, 0.25) is 0 Å². The number of rotatable bonds is 8. The van der Waals surface area contributed by atoms with E-state index >= 15 is 0 Å². The van der Waals surface area contributed by atoms with Crippen LogP contribution in [-0.4, -0.2) is 19.3 Å². The summed E-state index contributed by atoms with van der Waals surface area (Å²) >= 11 is 0. The Morgan fingerprint density at radius 2 is 1.41 bits per heavy atom. The molecule has 6 heteroatoms. The monoisotopic (exact) mass is 830 g/mol. The van der Waals surface area contributed by atoms with E-state index in [0.29, 0.717) is 29.3 Å². The van der Waals surface area contributed by atoms with Crippen LogP contribution in [0.1, 0.15) is 129 Å². The van der Waals surface area contributed by atoms with Crippen molar-refractivity contribution in [3.63, 3.8) is 0 Å². The van der Waals surface area contributed by atoms with Crippen molar-refractivity contribution in [3.05, 3.63) is 131 Å². The Morgan fingerprint density at radius 3 is 2.12 bits per heavy atom. The maximum atomic E-state index is 6.83. The van der Waals surface area contributed by atoms with Crippen LogP contribution in [-0.2, 0) is 20.4 Å². The number of ether oxygens (including phenoxy) is 1. The minimum Gasteiger partial charge on any atom is -0.509 e. The molecule has 2 aliphatic rings. The smallest absolute Gasteiger partial charge is 0.509 e. The molecule has 0 aliphatic heterocycles. The van der Waals surface area contributed by atoms with Crippen LogP contribution in [0, 0.1) is 32.9 Å². The van der Waals surface area contributed by atoms with E-state index in [2.05, 4.69) is 123 Å². The van der Waals surface area contributed by atoms with Gasteiger partial charge in [-0.3, -0.25) is 4.68 Å². The summed E-state index contributed by atoms with van der Waals surface area (Å²) in [6.45, 7) is 11.2.